The summed E-state index contributed by atoms with van der Waals surface area (Å²) in [5, 5.41) is 13.1. The van der Waals surface area contributed by atoms with Crippen molar-refractivity contribution in [2.45, 2.75) is 44.8 Å². The number of fused-ring (bicyclic) bond motifs is 1. The molecule has 19 heavy (non-hydrogen) atoms. The van der Waals surface area contributed by atoms with E-state index >= 15 is 0 Å². The molecule has 0 radical (unpaired) electrons. The highest BCUT2D eigenvalue weighted by Gasteiger charge is 2.22. The summed E-state index contributed by atoms with van der Waals surface area (Å²) < 4.78 is 1.23. The molecule has 1 aromatic carbocycles. The van der Waals surface area contributed by atoms with Gasteiger partial charge in [-0.1, -0.05) is 28.9 Å². The van der Waals surface area contributed by atoms with Crippen molar-refractivity contribution in [1.29, 1.82) is 0 Å². The first-order valence-corrected chi connectivity index (χ1v) is 7.87. The Morgan fingerprint density at radius 2 is 2.32 bits per heavy atom. The summed E-state index contributed by atoms with van der Waals surface area (Å²) in [5.41, 5.74) is 9.62. The van der Waals surface area contributed by atoms with Crippen LogP contribution in [0.15, 0.2) is 16.6 Å². The van der Waals surface area contributed by atoms with Gasteiger partial charge < -0.3 is 16.2 Å². The Morgan fingerprint density at radius 3 is 3.00 bits per heavy atom. The summed E-state index contributed by atoms with van der Waals surface area (Å²) >= 11 is 3.70. The van der Waals surface area contributed by atoms with Crippen LogP contribution in [0.5, 0.6) is 0 Å². The average Bonchev–Trinajstić information content (AvgIpc) is 2.44. The zero-order valence-corrected chi connectivity index (χ0v) is 13.0. The summed E-state index contributed by atoms with van der Waals surface area (Å²) in [6.45, 7) is 3.05. The number of nitrogens with one attached hydrogen (secondary N) is 1. The van der Waals surface area contributed by atoms with Gasteiger partial charge in [-0.15, -0.1) is 0 Å². The fourth-order valence-corrected chi connectivity index (χ4v) is 3.43. The number of aliphatic hydroxyl groups excluding tert-OH is 1. The lowest BCUT2D eigenvalue weighted by Gasteiger charge is -2.29. The van der Waals surface area contributed by atoms with Crippen LogP contribution >= 0.6 is 15.9 Å². The minimum Gasteiger partial charge on any atom is -0.390 e. The van der Waals surface area contributed by atoms with E-state index < -0.39 is 6.10 Å². The van der Waals surface area contributed by atoms with Gasteiger partial charge in [0.1, 0.15) is 0 Å². The SMILES string of the molecule is CCc1cc(Br)c2c(c1)[C@@H](NC[C@@H](O)CN)CCC2. The fourth-order valence-electron chi connectivity index (χ4n) is 2.71. The zero-order chi connectivity index (χ0) is 13.8. The molecule has 1 aliphatic rings. The summed E-state index contributed by atoms with van der Waals surface area (Å²) in [6.07, 6.45) is 4.04. The van der Waals surface area contributed by atoms with Crippen molar-refractivity contribution in [2.75, 3.05) is 13.1 Å². The second kappa shape index (κ2) is 6.84. The molecule has 2 atom stereocenters. The van der Waals surface area contributed by atoms with Crippen molar-refractivity contribution in [3.05, 3.63) is 33.3 Å². The Hall–Kier alpha value is -0.420. The molecule has 1 aromatic rings. The zero-order valence-electron chi connectivity index (χ0n) is 11.5. The number of hydrogen-bond donors (Lipinski definition) is 3. The molecule has 0 spiro atoms. The van der Waals surface area contributed by atoms with Gasteiger partial charge in [0.15, 0.2) is 0 Å². The molecule has 4 heteroatoms. The molecule has 1 aliphatic carbocycles. The van der Waals surface area contributed by atoms with Crippen LogP contribution in [0.3, 0.4) is 0 Å². The van der Waals surface area contributed by atoms with E-state index in [1.165, 1.54) is 27.6 Å². The lowest BCUT2D eigenvalue weighted by molar-refractivity contribution is 0.173. The van der Waals surface area contributed by atoms with Crippen molar-refractivity contribution in [3.63, 3.8) is 0 Å². The van der Waals surface area contributed by atoms with E-state index in [1.54, 1.807) is 0 Å². The maximum atomic E-state index is 9.60. The predicted octanol–water partition coefficient (Wildman–Crippen LogP) is 2.30. The third kappa shape index (κ3) is 3.57. The minimum atomic E-state index is -0.455. The van der Waals surface area contributed by atoms with E-state index in [2.05, 4.69) is 40.3 Å². The van der Waals surface area contributed by atoms with Gasteiger partial charge in [-0.05, 0) is 48.4 Å². The van der Waals surface area contributed by atoms with Crippen LogP contribution in [0, 0.1) is 0 Å². The highest BCUT2D eigenvalue weighted by Crippen LogP contribution is 2.35. The second-order valence-corrected chi connectivity index (χ2v) is 6.10. The number of hydrogen-bond acceptors (Lipinski definition) is 3. The van der Waals surface area contributed by atoms with Crippen LogP contribution in [0.4, 0.5) is 0 Å². The number of halogens is 1. The molecular formula is C15H23BrN2O. The first-order valence-electron chi connectivity index (χ1n) is 7.08. The van der Waals surface area contributed by atoms with E-state index in [1.807, 2.05) is 0 Å². The van der Waals surface area contributed by atoms with Crippen LogP contribution in [0.1, 0.15) is 42.5 Å². The molecule has 0 bridgehead atoms. The Balaban J connectivity index is 2.20. The molecule has 4 N–H and O–H groups in total. The summed E-state index contributed by atoms with van der Waals surface area (Å²) in [7, 11) is 0. The lowest BCUT2D eigenvalue weighted by Crippen LogP contribution is -2.36. The number of aliphatic hydroxyl groups is 1. The number of aryl methyl sites for hydroxylation is 1. The Morgan fingerprint density at radius 1 is 1.53 bits per heavy atom. The van der Waals surface area contributed by atoms with Gasteiger partial charge in [0.2, 0.25) is 0 Å². The monoisotopic (exact) mass is 326 g/mol. The predicted molar refractivity (Wildman–Crippen MR) is 82.3 cm³/mol. The molecule has 106 valence electrons. The first kappa shape index (κ1) is 15.0. The molecule has 0 aliphatic heterocycles. The summed E-state index contributed by atoms with van der Waals surface area (Å²) in [5.74, 6) is 0. The molecule has 0 saturated heterocycles. The number of rotatable bonds is 5. The first-order chi connectivity index (χ1) is 9.15. The molecule has 0 heterocycles. The average molecular weight is 327 g/mol. The van der Waals surface area contributed by atoms with Crippen molar-refractivity contribution in [3.8, 4) is 0 Å². The summed E-state index contributed by atoms with van der Waals surface area (Å²) in [6, 6.07) is 4.88. The molecule has 0 aromatic heterocycles. The van der Waals surface area contributed by atoms with E-state index in [0.717, 1.165) is 19.3 Å². The Kier molecular flexibility index (Phi) is 5.39. The van der Waals surface area contributed by atoms with E-state index in [4.69, 9.17) is 5.73 Å². The van der Waals surface area contributed by atoms with Gasteiger partial charge in [0.25, 0.3) is 0 Å². The van der Waals surface area contributed by atoms with Crippen LogP contribution in [-0.4, -0.2) is 24.3 Å². The maximum Gasteiger partial charge on any atom is 0.0786 e. The summed E-state index contributed by atoms with van der Waals surface area (Å²) in [4.78, 5) is 0. The molecule has 0 amide bonds. The van der Waals surface area contributed by atoms with Crippen LogP contribution in [0.2, 0.25) is 0 Å². The van der Waals surface area contributed by atoms with Crippen molar-refractivity contribution >= 4 is 15.9 Å². The maximum absolute atomic E-state index is 9.60. The number of benzene rings is 1. The Bertz CT molecular complexity index is 436. The smallest absolute Gasteiger partial charge is 0.0786 e. The quantitative estimate of drug-likeness (QED) is 0.778. The second-order valence-electron chi connectivity index (χ2n) is 5.24. The largest absolute Gasteiger partial charge is 0.390 e. The molecular weight excluding hydrogens is 304 g/mol. The molecule has 0 saturated carbocycles. The highest BCUT2D eigenvalue weighted by molar-refractivity contribution is 9.10. The van der Waals surface area contributed by atoms with E-state index in [9.17, 15) is 5.11 Å². The third-order valence-corrected chi connectivity index (χ3v) is 4.57. The van der Waals surface area contributed by atoms with Gasteiger partial charge in [0, 0.05) is 23.6 Å². The topological polar surface area (TPSA) is 58.3 Å². The lowest BCUT2D eigenvalue weighted by atomic mass is 9.86. The fraction of sp³-hybridized carbons (Fsp3) is 0.600. The molecule has 2 rings (SSSR count). The Labute approximate surface area is 123 Å². The van der Waals surface area contributed by atoms with E-state index in [0.29, 0.717) is 19.1 Å². The molecule has 0 unspecified atom stereocenters. The standard InChI is InChI=1S/C15H23BrN2O/c1-2-10-6-13-12(14(16)7-10)4-3-5-15(13)18-9-11(19)8-17/h6-7,11,15,18-19H,2-5,8-9,17H2,1H3/t11-,15-/m0/s1. The van der Waals surface area contributed by atoms with Crippen molar-refractivity contribution in [2.24, 2.45) is 5.73 Å². The van der Waals surface area contributed by atoms with Crippen LogP contribution in [0.25, 0.3) is 0 Å². The van der Waals surface area contributed by atoms with E-state index in [-0.39, 0.29) is 0 Å². The van der Waals surface area contributed by atoms with Gasteiger partial charge in [-0.2, -0.15) is 0 Å². The molecule has 3 nitrogen and oxygen atoms in total. The molecule has 0 fully saturated rings. The van der Waals surface area contributed by atoms with Gasteiger partial charge in [-0.3, -0.25) is 0 Å². The van der Waals surface area contributed by atoms with Gasteiger partial charge >= 0.3 is 0 Å². The van der Waals surface area contributed by atoms with Gasteiger partial charge in [-0.25, -0.2) is 0 Å². The van der Waals surface area contributed by atoms with Gasteiger partial charge in [0.05, 0.1) is 6.10 Å². The third-order valence-electron chi connectivity index (χ3n) is 3.86. The normalized spacial score (nSPS) is 20.1. The highest BCUT2D eigenvalue weighted by atomic mass is 79.9. The van der Waals surface area contributed by atoms with Crippen LogP contribution < -0.4 is 11.1 Å². The van der Waals surface area contributed by atoms with Crippen molar-refractivity contribution in [1.82, 2.24) is 5.32 Å². The van der Waals surface area contributed by atoms with Crippen molar-refractivity contribution < 1.29 is 5.11 Å². The number of nitrogens with two attached hydrogens (primary N) is 1. The minimum absolute atomic E-state index is 0.311. The van der Waals surface area contributed by atoms with Crippen LogP contribution in [-0.2, 0) is 12.8 Å².